The predicted molar refractivity (Wildman–Crippen MR) is 95.0 cm³/mol. The van der Waals surface area contributed by atoms with E-state index < -0.39 is 0 Å². The van der Waals surface area contributed by atoms with Crippen LogP contribution < -0.4 is 10.1 Å². The molecule has 0 radical (unpaired) electrons. The van der Waals surface area contributed by atoms with E-state index in [1.165, 1.54) is 17.4 Å². The van der Waals surface area contributed by atoms with Crippen molar-refractivity contribution in [1.29, 1.82) is 0 Å². The number of carbonyl (C=O) groups is 1. The molecule has 0 saturated carbocycles. The second kappa shape index (κ2) is 6.62. The molecular formula is C18H16N2O2S. The summed E-state index contributed by atoms with van der Waals surface area (Å²) in [7, 11) is 1.62. The highest BCUT2D eigenvalue weighted by Gasteiger charge is 2.07. The fraction of sp³-hybridized carbons (Fsp3) is 0.111. The number of thiazole rings is 1. The summed E-state index contributed by atoms with van der Waals surface area (Å²) in [6, 6.07) is 13.5. The molecule has 0 atom stereocenters. The second-order valence-electron chi connectivity index (χ2n) is 5.04. The average molecular weight is 324 g/mol. The maximum Gasteiger partial charge on any atom is 0.250 e. The van der Waals surface area contributed by atoms with Crippen molar-refractivity contribution in [1.82, 2.24) is 4.98 Å². The summed E-state index contributed by atoms with van der Waals surface area (Å²) in [6.07, 6.45) is 3.26. The molecule has 1 heterocycles. The standard InChI is InChI=1S/C18H16N2O2S/c1-12-4-3-5-15-17(12)20-18(23-15)19-16(21)11-8-13-6-9-14(22-2)10-7-13/h3-11H,1-2H3,(H,19,20,21). The molecule has 0 spiro atoms. The molecule has 0 saturated heterocycles. The fourth-order valence-electron chi connectivity index (χ4n) is 2.17. The first-order valence-corrected chi connectivity index (χ1v) is 7.96. The minimum absolute atomic E-state index is 0.197. The molecule has 3 rings (SSSR count). The van der Waals surface area contributed by atoms with Crippen LogP contribution in [0.5, 0.6) is 5.75 Å². The van der Waals surface area contributed by atoms with Crippen molar-refractivity contribution < 1.29 is 9.53 Å². The summed E-state index contributed by atoms with van der Waals surface area (Å²) in [4.78, 5) is 16.5. The fourth-order valence-corrected chi connectivity index (χ4v) is 3.12. The summed E-state index contributed by atoms with van der Waals surface area (Å²) in [6.45, 7) is 2.01. The molecule has 3 aromatic rings. The summed E-state index contributed by atoms with van der Waals surface area (Å²) in [5.74, 6) is 0.592. The van der Waals surface area contributed by atoms with Crippen molar-refractivity contribution in [3.63, 3.8) is 0 Å². The molecule has 0 bridgehead atoms. The number of para-hydroxylation sites is 1. The first-order chi connectivity index (χ1) is 11.2. The number of hydrogen-bond acceptors (Lipinski definition) is 4. The lowest BCUT2D eigenvalue weighted by Gasteiger charge is -1.99. The van der Waals surface area contributed by atoms with E-state index in [0.717, 1.165) is 27.1 Å². The van der Waals surface area contributed by atoms with Crippen LogP contribution in [0.4, 0.5) is 5.13 Å². The number of rotatable bonds is 4. The van der Waals surface area contributed by atoms with Gasteiger partial charge in [0.15, 0.2) is 5.13 Å². The highest BCUT2D eigenvalue weighted by atomic mass is 32.1. The van der Waals surface area contributed by atoms with E-state index in [2.05, 4.69) is 10.3 Å². The van der Waals surface area contributed by atoms with Crippen LogP contribution in [-0.2, 0) is 4.79 Å². The number of benzene rings is 2. The number of nitrogens with zero attached hydrogens (tertiary/aromatic N) is 1. The highest BCUT2D eigenvalue weighted by Crippen LogP contribution is 2.27. The zero-order chi connectivity index (χ0) is 16.2. The minimum Gasteiger partial charge on any atom is -0.497 e. The van der Waals surface area contributed by atoms with Crippen LogP contribution in [0, 0.1) is 6.92 Å². The SMILES string of the molecule is COc1ccc(C=CC(=O)Nc2nc3c(C)cccc3s2)cc1. The van der Waals surface area contributed by atoms with Gasteiger partial charge in [-0.1, -0.05) is 35.6 Å². The number of ether oxygens (including phenoxy) is 1. The Morgan fingerprint density at radius 3 is 2.70 bits per heavy atom. The van der Waals surface area contributed by atoms with E-state index in [4.69, 9.17) is 4.74 Å². The first kappa shape index (κ1) is 15.2. The topological polar surface area (TPSA) is 51.2 Å². The monoisotopic (exact) mass is 324 g/mol. The Morgan fingerprint density at radius 1 is 1.22 bits per heavy atom. The molecule has 0 aliphatic heterocycles. The lowest BCUT2D eigenvalue weighted by Crippen LogP contribution is -2.07. The van der Waals surface area contributed by atoms with E-state index >= 15 is 0 Å². The smallest absolute Gasteiger partial charge is 0.250 e. The lowest BCUT2D eigenvalue weighted by molar-refractivity contribution is -0.111. The van der Waals surface area contributed by atoms with Gasteiger partial charge >= 0.3 is 0 Å². The number of hydrogen-bond donors (Lipinski definition) is 1. The van der Waals surface area contributed by atoms with Gasteiger partial charge in [-0.05, 0) is 42.3 Å². The normalized spacial score (nSPS) is 11.0. The van der Waals surface area contributed by atoms with Crippen molar-refractivity contribution in [3.8, 4) is 5.75 Å². The van der Waals surface area contributed by atoms with Gasteiger partial charge in [-0.25, -0.2) is 4.98 Å². The number of aryl methyl sites for hydroxylation is 1. The third kappa shape index (κ3) is 3.57. The molecule has 4 nitrogen and oxygen atoms in total. The Kier molecular flexibility index (Phi) is 4.39. The average Bonchev–Trinajstić information content (AvgIpc) is 2.97. The third-order valence-electron chi connectivity index (χ3n) is 3.39. The first-order valence-electron chi connectivity index (χ1n) is 7.15. The van der Waals surface area contributed by atoms with Gasteiger partial charge in [-0.2, -0.15) is 0 Å². The number of methoxy groups -OCH3 is 1. The Labute approximate surface area is 138 Å². The Balaban J connectivity index is 1.70. The van der Waals surface area contributed by atoms with Gasteiger partial charge in [-0.3, -0.25) is 10.1 Å². The quantitative estimate of drug-likeness (QED) is 0.729. The second-order valence-corrected chi connectivity index (χ2v) is 6.07. The largest absolute Gasteiger partial charge is 0.497 e. The van der Waals surface area contributed by atoms with Crippen molar-refractivity contribution in [2.24, 2.45) is 0 Å². The molecule has 0 aliphatic carbocycles. The maximum atomic E-state index is 12.0. The Morgan fingerprint density at radius 2 is 2.00 bits per heavy atom. The van der Waals surface area contributed by atoms with Crippen molar-refractivity contribution in [2.45, 2.75) is 6.92 Å². The highest BCUT2D eigenvalue weighted by molar-refractivity contribution is 7.22. The van der Waals surface area contributed by atoms with Crippen molar-refractivity contribution in [3.05, 3.63) is 59.7 Å². The van der Waals surface area contributed by atoms with E-state index in [-0.39, 0.29) is 5.91 Å². The molecule has 1 amide bonds. The van der Waals surface area contributed by atoms with Crippen molar-refractivity contribution in [2.75, 3.05) is 12.4 Å². The van der Waals surface area contributed by atoms with Crippen LogP contribution in [0.15, 0.2) is 48.5 Å². The molecule has 23 heavy (non-hydrogen) atoms. The Hall–Kier alpha value is -2.66. The zero-order valence-electron chi connectivity index (χ0n) is 12.9. The molecule has 1 aromatic heterocycles. The molecule has 1 N–H and O–H groups in total. The molecule has 2 aromatic carbocycles. The van der Waals surface area contributed by atoms with Gasteiger partial charge < -0.3 is 4.74 Å². The van der Waals surface area contributed by atoms with Gasteiger partial charge in [-0.15, -0.1) is 0 Å². The molecule has 116 valence electrons. The summed E-state index contributed by atoms with van der Waals surface area (Å²) < 4.78 is 6.17. The molecule has 5 heteroatoms. The number of aromatic nitrogens is 1. The number of amides is 1. The van der Waals surface area contributed by atoms with Gasteiger partial charge in [0.25, 0.3) is 0 Å². The molecule has 0 unspecified atom stereocenters. The number of carbonyl (C=O) groups excluding carboxylic acids is 1. The van der Waals surface area contributed by atoms with E-state index in [9.17, 15) is 4.79 Å². The van der Waals surface area contributed by atoms with Crippen LogP contribution >= 0.6 is 11.3 Å². The van der Waals surface area contributed by atoms with E-state index in [0.29, 0.717) is 5.13 Å². The molecular weight excluding hydrogens is 308 g/mol. The minimum atomic E-state index is -0.197. The van der Waals surface area contributed by atoms with Crippen LogP contribution in [0.25, 0.3) is 16.3 Å². The van der Waals surface area contributed by atoms with Gasteiger partial charge in [0, 0.05) is 6.08 Å². The predicted octanol–water partition coefficient (Wildman–Crippen LogP) is 4.27. The summed E-state index contributed by atoms with van der Waals surface area (Å²) in [5, 5.41) is 3.42. The van der Waals surface area contributed by atoms with Crippen LogP contribution in [0.1, 0.15) is 11.1 Å². The van der Waals surface area contributed by atoms with Crippen LogP contribution in [0.2, 0.25) is 0 Å². The molecule has 0 aliphatic rings. The lowest BCUT2D eigenvalue weighted by atomic mass is 10.2. The Bertz CT molecular complexity index is 866. The summed E-state index contributed by atoms with van der Waals surface area (Å²) >= 11 is 1.47. The van der Waals surface area contributed by atoms with E-state index in [1.807, 2.05) is 49.4 Å². The van der Waals surface area contributed by atoms with Gasteiger partial charge in [0.1, 0.15) is 5.75 Å². The number of fused-ring (bicyclic) bond motifs is 1. The van der Waals surface area contributed by atoms with Crippen molar-refractivity contribution >= 4 is 38.7 Å². The number of nitrogens with one attached hydrogen (secondary N) is 1. The van der Waals surface area contributed by atoms with E-state index in [1.54, 1.807) is 13.2 Å². The van der Waals surface area contributed by atoms with Crippen LogP contribution in [0.3, 0.4) is 0 Å². The van der Waals surface area contributed by atoms with Gasteiger partial charge in [0.05, 0.1) is 17.3 Å². The molecule has 0 fully saturated rings. The summed E-state index contributed by atoms with van der Waals surface area (Å²) in [5.41, 5.74) is 2.97. The number of anilines is 1. The van der Waals surface area contributed by atoms with Crippen LogP contribution in [-0.4, -0.2) is 18.0 Å². The van der Waals surface area contributed by atoms with Gasteiger partial charge in [0.2, 0.25) is 5.91 Å². The third-order valence-corrected chi connectivity index (χ3v) is 4.33. The zero-order valence-corrected chi connectivity index (χ0v) is 13.7. The maximum absolute atomic E-state index is 12.0.